The summed E-state index contributed by atoms with van der Waals surface area (Å²) in [7, 11) is 0. The van der Waals surface area contributed by atoms with Gasteiger partial charge in [-0.3, -0.25) is 9.78 Å². The molecule has 0 atom stereocenters. The molecule has 98 valence electrons. The Morgan fingerprint density at radius 3 is 2.68 bits per heavy atom. The minimum Gasteiger partial charge on any atom is -0.292 e. The molecule has 2 nitrogen and oxygen atoms in total. The van der Waals surface area contributed by atoms with Crippen LogP contribution in [0.1, 0.15) is 27.2 Å². The normalized spacial score (nSPS) is 10.5. The molecule has 1 aromatic carbocycles. The Balaban J connectivity index is 2.23. The summed E-state index contributed by atoms with van der Waals surface area (Å²) in [5.74, 6) is -0.639. The molecule has 0 amide bonds. The van der Waals surface area contributed by atoms with Gasteiger partial charge in [-0.2, -0.15) is 0 Å². The highest BCUT2D eigenvalue weighted by Crippen LogP contribution is 2.17. The van der Waals surface area contributed by atoms with Crippen LogP contribution in [-0.2, 0) is 6.42 Å². The number of Topliss-reactive ketones (excluding diaryl/α,β-unsaturated/α-hetero) is 1. The van der Waals surface area contributed by atoms with Crippen LogP contribution in [0.2, 0.25) is 5.02 Å². The predicted octanol–water partition coefficient (Wildman–Crippen LogP) is 3.92. The average molecular weight is 278 g/mol. The van der Waals surface area contributed by atoms with Gasteiger partial charge in [0.05, 0.1) is 5.02 Å². The monoisotopic (exact) mass is 277 g/mol. The minimum atomic E-state index is -0.513. The van der Waals surface area contributed by atoms with Gasteiger partial charge in [0, 0.05) is 12.6 Å². The van der Waals surface area contributed by atoms with Gasteiger partial charge in [-0.1, -0.05) is 23.7 Å². The Bertz CT molecular complexity index is 640. The number of carbonyl (C=O) groups excluding carboxylic acids is 1. The summed E-state index contributed by atoms with van der Waals surface area (Å²) in [6.07, 6.45) is 1.77. The fourth-order valence-corrected chi connectivity index (χ4v) is 2.04. The molecule has 2 aromatic rings. The molecule has 0 radical (unpaired) electrons. The van der Waals surface area contributed by atoms with E-state index in [9.17, 15) is 9.18 Å². The van der Waals surface area contributed by atoms with Crippen molar-refractivity contribution < 1.29 is 9.18 Å². The second-order valence-electron chi connectivity index (χ2n) is 4.53. The fraction of sp³-hybridized carbons (Fsp3) is 0.200. The van der Waals surface area contributed by atoms with Crippen LogP contribution in [0.5, 0.6) is 0 Å². The highest BCUT2D eigenvalue weighted by molar-refractivity contribution is 6.30. The molecule has 0 aliphatic rings. The maximum absolute atomic E-state index is 13.3. The lowest BCUT2D eigenvalue weighted by Gasteiger charge is -2.05. The first-order valence-corrected chi connectivity index (χ1v) is 6.25. The zero-order valence-electron chi connectivity index (χ0n) is 10.7. The van der Waals surface area contributed by atoms with Crippen molar-refractivity contribution in [2.24, 2.45) is 0 Å². The number of aromatic nitrogens is 1. The van der Waals surface area contributed by atoms with Gasteiger partial charge in [0.2, 0.25) is 0 Å². The van der Waals surface area contributed by atoms with Crippen molar-refractivity contribution in [3.05, 3.63) is 63.7 Å². The lowest BCUT2D eigenvalue weighted by Crippen LogP contribution is -2.08. The van der Waals surface area contributed by atoms with E-state index in [4.69, 9.17) is 11.6 Å². The van der Waals surface area contributed by atoms with E-state index < -0.39 is 5.82 Å². The maximum Gasteiger partial charge on any atom is 0.185 e. The Labute approximate surface area is 116 Å². The number of benzene rings is 1. The van der Waals surface area contributed by atoms with Crippen molar-refractivity contribution in [2.45, 2.75) is 20.3 Å². The third-order valence-electron chi connectivity index (χ3n) is 2.83. The van der Waals surface area contributed by atoms with E-state index in [1.807, 2.05) is 19.9 Å². The molecular weight excluding hydrogens is 265 g/mol. The quantitative estimate of drug-likeness (QED) is 0.796. The van der Waals surface area contributed by atoms with Crippen molar-refractivity contribution >= 4 is 17.4 Å². The van der Waals surface area contributed by atoms with E-state index in [0.29, 0.717) is 11.3 Å². The van der Waals surface area contributed by atoms with Gasteiger partial charge in [-0.15, -0.1) is 0 Å². The summed E-state index contributed by atoms with van der Waals surface area (Å²) in [5.41, 5.74) is 2.86. The van der Waals surface area contributed by atoms with Gasteiger partial charge in [0.25, 0.3) is 0 Å². The molecule has 0 aliphatic carbocycles. The third-order valence-corrected chi connectivity index (χ3v) is 3.13. The van der Waals surface area contributed by atoms with Gasteiger partial charge in [0.1, 0.15) is 11.5 Å². The molecule has 0 aliphatic heterocycles. The largest absolute Gasteiger partial charge is 0.292 e. The van der Waals surface area contributed by atoms with Gasteiger partial charge in [-0.25, -0.2) is 4.39 Å². The molecule has 0 spiro atoms. The zero-order valence-corrected chi connectivity index (χ0v) is 11.5. The summed E-state index contributed by atoms with van der Waals surface area (Å²) in [6.45, 7) is 3.76. The molecule has 0 unspecified atom stereocenters. The Hall–Kier alpha value is -1.74. The molecule has 0 bridgehead atoms. The summed E-state index contributed by atoms with van der Waals surface area (Å²) < 4.78 is 13.3. The van der Waals surface area contributed by atoms with Gasteiger partial charge < -0.3 is 0 Å². The van der Waals surface area contributed by atoms with E-state index in [1.165, 1.54) is 12.1 Å². The van der Waals surface area contributed by atoms with E-state index in [2.05, 4.69) is 4.98 Å². The van der Waals surface area contributed by atoms with Gasteiger partial charge in [-0.05, 0) is 42.7 Å². The summed E-state index contributed by atoms with van der Waals surface area (Å²) in [5, 5.41) is 0.0563. The van der Waals surface area contributed by atoms with Crippen LogP contribution >= 0.6 is 11.6 Å². The molecular formula is C15H13ClFNO. The van der Waals surface area contributed by atoms with Gasteiger partial charge in [0.15, 0.2) is 5.78 Å². The lowest BCUT2D eigenvalue weighted by molar-refractivity contribution is 0.0987. The number of halogens is 2. The maximum atomic E-state index is 13.3. The summed E-state index contributed by atoms with van der Waals surface area (Å²) in [4.78, 5) is 16.3. The van der Waals surface area contributed by atoms with E-state index in [0.717, 1.165) is 11.1 Å². The molecule has 19 heavy (non-hydrogen) atoms. The third kappa shape index (κ3) is 3.18. The number of rotatable bonds is 3. The first-order valence-electron chi connectivity index (χ1n) is 5.88. The zero-order chi connectivity index (χ0) is 14.0. The smallest absolute Gasteiger partial charge is 0.185 e. The van der Waals surface area contributed by atoms with E-state index in [1.54, 1.807) is 12.3 Å². The van der Waals surface area contributed by atoms with Crippen LogP contribution in [0.15, 0.2) is 30.5 Å². The van der Waals surface area contributed by atoms with Crippen molar-refractivity contribution in [1.29, 1.82) is 0 Å². The Kier molecular flexibility index (Phi) is 3.96. The van der Waals surface area contributed by atoms with Crippen molar-refractivity contribution in [3.63, 3.8) is 0 Å². The SMILES string of the molecule is Cc1cnc(C(=O)Cc2ccc(Cl)c(F)c2)c(C)c1. The summed E-state index contributed by atoms with van der Waals surface area (Å²) in [6, 6.07) is 6.29. The van der Waals surface area contributed by atoms with Crippen molar-refractivity contribution in [3.8, 4) is 0 Å². The number of ketones is 1. The van der Waals surface area contributed by atoms with E-state index in [-0.39, 0.29) is 17.2 Å². The minimum absolute atomic E-state index is 0.0563. The number of aryl methyl sites for hydroxylation is 2. The number of nitrogens with zero attached hydrogens (tertiary/aromatic N) is 1. The van der Waals surface area contributed by atoms with E-state index >= 15 is 0 Å². The van der Waals surface area contributed by atoms with Crippen molar-refractivity contribution in [2.75, 3.05) is 0 Å². The molecule has 1 heterocycles. The number of hydrogen-bond donors (Lipinski definition) is 0. The fourth-order valence-electron chi connectivity index (χ4n) is 1.93. The molecule has 1 aromatic heterocycles. The first-order chi connectivity index (χ1) is 8.97. The number of pyridine rings is 1. The average Bonchev–Trinajstić information content (AvgIpc) is 2.33. The Morgan fingerprint density at radius 1 is 1.32 bits per heavy atom. The van der Waals surface area contributed by atoms with Crippen LogP contribution in [0.4, 0.5) is 4.39 Å². The van der Waals surface area contributed by atoms with Crippen LogP contribution in [0, 0.1) is 19.7 Å². The highest BCUT2D eigenvalue weighted by Gasteiger charge is 2.12. The van der Waals surface area contributed by atoms with Crippen LogP contribution in [-0.4, -0.2) is 10.8 Å². The molecule has 4 heteroatoms. The second kappa shape index (κ2) is 5.49. The van der Waals surface area contributed by atoms with Crippen LogP contribution < -0.4 is 0 Å². The molecule has 0 saturated heterocycles. The highest BCUT2D eigenvalue weighted by atomic mass is 35.5. The molecule has 0 N–H and O–H groups in total. The topological polar surface area (TPSA) is 30.0 Å². The summed E-state index contributed by atoms with van der Waals surface area (Å²) >= 11 is 5.60. The molecule has 2 rings (SSSR count). The van der Waals surface area contributed by atoms with Gasteiger partial charge >= 0.3 is 0 Å². The standard InChI is InChI=1S/C15H13ClFNO/c1-9-5-10(2)15(18-8-9)14(19)7-11-3-4-12(16)13(17)6-11/h3-6,8H,7H2,1-2H3. The first kappa shape index (κ1) is 13.7. The Morgan fingerprint density at radius 2 is 2.05 bits per heavy atom. The second-order valence-corrected chi connectivity index (χ2v) is 4.93. The van der Waals surface area contributed by atoms with Crippen molar-refractivity contribution in [1.82, 2.24) is 4.98 Å². The van der Waals surface area contributed by atoms with Crippen LogP contribution in [0.25, 0.3) is 0 Å². The van der Waals surface area contributed by atoms with Crippen LogP contribution in [0.3, 0.4) is 0 Å². The predicted molar refractivity (Wildman–Crippen MR) is 73.2 cm³/mol. The number of carbonyl (C=O) groups is 1. The molecule has 0 fully saturated rings. The lowest BCUT2D eigenvalue weighted by atomic mass is 10.0. The number of hydrogen-bond acceptors (Lipinski definition) is 2. The molecule has 0 saturated carbocycles.